The summed E-state index contributed by atoms with van der Waals surface area (Å²) in [6, 6.07) is 5.31. The van der Waals surface area contributed by atoms with E-state index in [0.29, 0.717) is 6.54 Å². The summed E-state index contributed by atoms with van der Waals surface area (Å²) in [5.41, 5.74) is 0.777. The fraction of sp³-hybridized carbons (Fsp3) is 0.600. The molecule has 0 unspecified atom stereocenters. The zero-order valence-corrected chi connectivity index (χ0v) is 13.3. The van der Waals surface area contributed by atoms with Gasteiger partial charge in [-0.2, -0.15) is 0 Å². The molecule has 0 atom stereocenters. The summed E-state index contributed by atoms with van der Waals surface area (Å²) in [7, 11) is 4.26. The fourth-order valence-corrected chi connectivity index (χ4v) is 3.02. The zero-order chi connectivity index (χ0) is 13.8. The number of piperidine rings is 1. The Hall–Kier alpha value is -0.450. The van der Waals surface area contributed by atoms with Crippen molar-refractivity contribution in [2.75, 3.05) is 33.7 Å². The van der Waals surface area contributed by atoms with Crippen molar-refractivity contribution < 1.29 is 4.39 Å². The molecule has 1 aliphatic rings. The van der Waals surface area contributed by atoms with Crippen LogP contribution in [0.1, 0.15) is 18.4 Å². The third-order valence-electron chi connectivity index (χ3n) is 3.86. The third kappa shape index (κ3) is 4.55. The van der Waals surface area contributed by atoms with E-state index in [2.05, 4.69) is 39.8 Å². The van der Waals surface area contributed by atoms with Crippen LogP contribution in [-0.4, -0.2) is 43.5 Å². The molecule has 2 nitrogen and oxygen atoms in total. The van der Waals surface area contributed by atoms with Crippen molar-refractivity contribution in [1.82, 2.24) is 9.80 Å². The minimum Gasteiger partial charge on any atom is -0.306 e. The van der Waals surface area contributed by atoms with Gasteiger partial charge in [0.05, 0.1) is 0 Å². The van der Waals surface area contributed by atoms with Crippen molar-refractivity contribution in [3.05, 3.63) is 34.1 Å². The standard InChI is InChI=1S/C15H22BrFN2/c1-18-7-5-12(6-8-18)10-19(2)11-13-3-4-14(16)9-15(13)17/h3-4,9,12H,5-8,10-11H2,1-2H3. The smallest absolute Gasteiger partial charge is 0.128 e. The average Bonchev–Trinajstić information content (AvgIpc) is 2.36. The molecule has 0 aromatic heterocycles. The Bertz CT molecular complexity index is 417. The first kappa shape index (κ1) is 14.9. The van der Waals surface area contributed by atoms with E-state index in [1.54, 1.807) is 6.07 Å². The van der Waals surface area contributed by atoms with Crippen LogP contribution in [0.25, 0.3) is 0 Å². The van der Waals surface area contributed by atoms with Gasteiger partial charge in [0.15, 0.2) is 0 Å². The van der Waals surface area contributed by atoms with Crippen molar-refractivity contribution in [2.45, 2.75) is 19.4 Å². The van der Waals surface area contributed by atoms with E-state index in [0.717, 1.165) is 22.5 Å². The summed E-state index contributed by atoms with van der Waals surface area (Å²) in [6.07, 6.45) is 2.51. The number of rotatable bonds is 4. The maximum atomic E-state index is 13.8. The van der Waals surface area contributed by atoms with Crippen LogP contribution in [0.4, 0.5) is 4.39 Å². The molecule has 1 aromatic rings. The van der Waals surface area contributed by atoms with Gasteiger partial charge in [0.25, 0.3) is 0 Å². The summed E-state index contributed by atoms with van der Waals surface area (Å²) < 4.78 is 14.6. The molecule has 0 saturated carbocycles. The van der Waals surface area contributed by atoms with Gasteiger partial charge in [-0.05, 0) is 58.1 Å². The molecule has 4 heteroatoms. The zero-order valence-electron chi connectivity index (χ0n) is 11.7. The van der Waals surface area contributed by atoms with Crippen molar-refractivity contribution in [2.24, 2.45) is 5.92 Å². The number of hydrogen-bond donors (Lipinski definition) is 0. The molecule has 0 bridgehead atoms. The van der Waals surface area contributed by atoms with E-state index in [1.165, 1.54) is 25.9 Å². The van der Waals surface area contributed by atoms with Crippen molar-refractivity contribution in [3.8, 4) is 0 Å². The highest BCUT2D eigenvalue weighted by molar-refractivity contribution is 9.10. The van der Waals surface area contributed by atoms with Crippen LogP contribution >= 0.6 is 15.9 Å². The van der Waals surface area contributed by atoms with Gasteiger partial charge in [0.2, 0.25) is 0 Å². The molecule has 1 saturated heterocycles. The Morgan fingerprint density at radius 2 is 2.05 bits per heavy atom. The highest BCUT2D eigenvalue weighted by atomic mass is 79.9. The van der Waals surface area contributed by atoms with Gasteiger partial charge in [-0.15, -0.1) is 0 Å². The molecule has 1 fully saturated rings. The van der Waals surface area contributed by atoms with Crippen molar-refractivity contribution in [3.63, 3.8) is 0 Å². The first-order valence-electron chi connectivity index (χ1n) is 6.85. The number of nitrogens with zero attached hydrogens (tertiary/aromatic N) is 2. The molecule has 1 aromatic carbocycles. The second-order valence-corrected chi connectivity index (χ2v) is 6.59. The molecule has 106 valence electrons. The Morgan fingerprint density at radius 3 is 2.68 bits per heavy atom. The lowest BCUT2D eigenvalue weighted by Gasteiger charge is -2.31. The third-order valence-corrected chi connectivity index (χ3v) is 4.36. The molecule has 1 aliphatic heterocycles. The van der Waals surface area contributed by atoms with Crippen LogP contribution < -0.4 is 0 Å². The Kier molecular flexibility index (Phi) is 5.37. The van der Waals surface area contributed by atoms with E-state index in [4.69, 9.17) is 0 Å². The highest BCUT2D eigenvalue weighted by Crippen LogP contribution is 2.20. The van der Waals surface area contributed by atoms with Crippen LogP contribution in [0.3, 0.4) is 0 Å². The first-order valence-corrected chi connectivity index (χ1v) is 7.65. The van der Waals surface area contributed by atoms with Crippen LogP contribution in [0.2, 0.25) is 0 Å². The van der Waals surface area contributed by atoms with Crippen LogP contribution in [0.5, 0.6) is 0 Å². The quantitative estimate of drug-likeness (QED) is 0.836. The second-order valence-electron chi connectivity index (χ2n) is 5.68. The van der Waals surface area contributed by atoms with Gasteiger partial charge in [-0.3, -0.25) is 0 Å². The van der Waals surface area contributed by atoms with Crippen LogP contribution in [0.15, 0.2) is 22.7 Å². The Labute approximate surface area is 123 Å². The molecule has 0 N–H and O–H groups in total. The van der Waals surface area contributed by atoms with Gasteiger partial charge >= 0.3 is 0 Å². The summed E-state index contributed by atoms with van der Waals surface area (Å²) >= 11 is 3.29. The van der Waals surface area contributed by atoms with Crippen molar-refractivity contribution in [1.29, 1.82) is 0 Å². The molecule has 1 heterocycles. The number of benzene rings is 1. The van der Waals surface area contributed by atoms with Crippen LogP contribution in [0, 0.1) is 11.7 Å². The molecular weight excluding hydrogens is 307 g/mol. The summed E-state index contributed by atoms with van der Waals surface area (Å²) in [5.74, 6) is 0.629. The fourth-order valence-electron chi connectivity index (χ4n) is 2.69. The topological polar surface area (TPSA) is 6.48 Å². The van der Waals surface area contributed by atoms with Gasteiger partial charge < -0.3 is 9.80 Å². The lowest BCUT2D eigenvalue weighted by molar-refractivity contribution is 0.172. The molecule has 2 rings (SSSR count). The summed E-state index contributed by atoms with van der Waals surface area (Å²) in [6.45, 7) is 4.12. The van der Waals surface area contributed by atoms with Crippen molar-refractivity contribution >= 4 is 15.9 Å². The number of halogens is 2. The van der Waals surface area contributed by atoms with E-state index in [1.807, 2.05) is 12.1 Å². The molecule has 0 amide bonds. The minimum atomic E-state index is -0.121. The Balaban J connectivity index is 1.85. The molecular formula is C15H22BrFN2. The highest BCUT2D eigenvalue weighted by Gasteiger charge is 2.18. The maximum Gasteiger partial charge on any atom is 0.128 e. The first-order chi connectivity index (χ1) is 9.04. The lowest BCUT2D eigenvalue weighted by Crippen LogP contribution is -2.35. The number of hydrogen-bond acceptors (Lipinski definition) is 2. The monoisotopic (exact) mass is 328 g/mol. The van der Waals surface area contributed by atoms with Crippen LogP contribution in [-0.2, 0) is 6.54 Å². The SMILES string of the molecule is CN1CCC(CN(C)Cc2ccc(Br)cc2F)CC1. The van der Waals surface area contributed by atoms with Gasteiger partial charge in [-0.1, -0.05) is 22.0 Å². The predicted octanol–water partition coefficient (Wildman–Crippen LogP) is 3.36. The maximum absolute atomic E-state index is 13.8. The second kappa shape index (κ2) is 6.82. The van der Waals surface area contributed by atoms with E-state index in [-0.39, 0.29) is 5.82 Å². The van der Waals surface area contributed by atoms with Gasteiger partial charge in [-0.25, -0.2) is 4.39 Å². The minimum absolute atomic E-state index is 0.121. The molecule has 0 spiro atoms. The number of likely N-dealkylation sites (tertiary alicyclic amines) is 1. The molecule has 0 radical (unpaired) electrons. The predicted molar refractivity (Wildman–Crippen MR) is 80.7 cm³/mol. The van der Waals surface area contributed by atoms with Gasteiger partial charge in [0.1, 0.15) is 5.82 Å². The van der Waals surface area contributed by atoms with E-state index in [9.17, 15) is 4.39 Å². The van der Waals surface area contributed by atoms with Gasteiger partial charge in [0, 0.05) is 23.1 Å². The Morgan fingerprint density at radius 1 is 1.37 bits per heavy atom. The lowest BCUT2D eigenvalue weighted by atomic mass is 9.96. The molecule has 19 heavy (non-hydrogen) atoms. The summed E-state index contributed by atoms with van der Waals surface area (Å²) in [4.78, 5) is 4.62. The van der Waals surface area contributed by atoms with E-state index < -0.39 is 0 Å². The van der Waals surface area contributed by atoms with E-state index >= 15 is 0 Å². The average molecular weight is 329 g/mol. The molecule has 0 aliphatic carbocycles. The largest absolute Gasteiger partial charge is 0.306 e. The normalized spacial score (nSPS) is 18.2. The summed E-state index contributed by atoms with van der Waals surface area (Å²) in [5, 5.41) is 0.